The normalized spacial score (nSPS) is 51.7. The highest BCUT2D eigenvalue weighted by Gasteiger charge is 2.49. The molecule has 2 heterocycles. The van der Waals surface area contributed by atoms with Crippen molar-refractivity contribution in [3.8, 4) is 0 Å². The first-order valence-electron chi connectivity index (χ1n) is 7.03. The molecule has 0 aromatic rings. The zero-order valence-corrected chi connectivity index (χ0v) is 13.5. The van der Waals surface area contributed by atoms with Gasteiger partial charge in [-0.2, -0.15) is 0 Å². The fourth-order valence-corrected chi connectivity index (χ4v) is 3.00. The molecule has 10 nitrogen and oxygen atoms in total. The Bertz CT molecular complexity index is 349. The van der Waals surface area contributed by atoms with Gasteiger partial charge in [-0.3, -0.25) is 0 Å². The number of aliphatic hydroxyl groups excluding tert-OH is 7. The molecular formula is C12H21BrO10. The van der Waals surface area contributed by atoms with Crippen molar-refractivity contribution in [2.75, 3.05) is 11.9 Å². The molecular weight excluding hydrogens is 384 g/mol. The van der Waals surface area contributed by atoms with Gasteiger partial charge in [-0.05, 0) is 0 Å². The third-order valence-corrected chi connectivity index (χ3v) is 4.58. The van der Waals surface area contributed by atoms with Crippen LogP contribution in [0.2, 0.25) is 0 Å². The van der Waals surface area contributed by atoms with E-state index >= 15 is 0 Å². The SMILES string of the molecule is OC[C@H]1OC(O[C@H]2O[C@H](CBr)[C@@H](O)[C@H](O)[C@H]2O)[C@H](O)[C@@H](O)[C@@H]1O. The summed E-state index contributed by atoms with van der Waals surface area (Å²) >= 11 is 3.08. The van der Waals surface area contributed by atoms with Crippen LogP contribution in [0.1, 0.15) is 0 Å². The van der Waals surface area contributed by atoms with Crippen LogP contribution in [-0.4, -0.2) is 109 Å². The Labute approximate surface area is 140 Å². The van der Waals surface area contributed by atoms with E-state index in [1.807, 2.05) is 0 Å². The third kappa shape index (κ3) is 3.85. The maximum Gasteiger partial charge on any atom is 0.189 e. The zero-order chi connectivity index (χ0) is 17.3. The lowest BCUT2D eigenvalue weighted by Crippen LogP contribution is -2.63. The monoisotopic (exact) mass is 404 g/mol. The predicted molar refractivity (Wildman–Crippen MR) is 75.3 cm³/mol. The molecule has 0 amide bonds. The molecule has 136 valence electrons. The van der Waals surface area contributed by atoms with Crippen molar-refractivity contribution in [1.29, 1.82) is 0 Å². The van der Waals surface area contributed by atoms with E-state index in [1.54, 1.807) is 0 Å². The maximum atomic E-state index is 9.91. The van der Waals surface area contributed by atoms with Gasteiger partial charge in [0.05, 0.1) is 12.7 Å². The highest BCUT2D eigenvalue weighted by Crippen LogP contribution is 2.28. The van der Waals surface area contributed by atoms with Crippen molar-refractivity contribution in [2.45, 2.75) is 61.4 Å². The number of alkyl halides is 1. The summed E-state index contributed by atoms with van der Waals surface area (Å²) in [4.78, 5) is 0. The van der Waals surface area contributed by atoms with Crippen molar-refractivity contribution in [3.63, 3.8) is 0 Å². The lowest BCUT2D eigenvalue weighted by atomic mass is 9.98. The molecule has 0 spiro atoms. The van der Waals surface area contributed by atoms with Crippen LogP contribution in [0.15, 0.2) is 0 Å². The second kappa shape index (κ2) is 7.97. The minimum Gasteiger partial charge on any atom is -0.394 e. The van der Waals surface area contributed by atoms with E-state index in [1.165, 1.54) is 0 Å². The van der Waals surface area contributed by atoms with Gasteiger partial charge < -0.3 is 50.0 Å². The third-order valence-electron chi connectivity index (χ3n) is 3.94. The van der Waals surface area contributed by atoms with E-state index in [2.05, 4.69) is 15.9 Å². The van der Waals surface area contributed by atoms with Gasteiger partial charge in [0.15, 0.2) is 12.6 Å². The Morgan fingerprint density at radius 1 is 0.696 bits per heavy atom. The molecule has 2 aliphatic rings. The summed E-state index contributed by atoms with van der Waals surface area (Å²) in [6.07, 6.45) is -14.4. The molecule has 7 N–H and O–H groups in total. The molecule has 0 radical (unpaired) electrons. The molecule has 11 heteroatoms. The van der Waals surface area contributed by atoms with Crippen LogP contribution in [0.25, 0.3) is 0 Å². The second-order valence-electron chi connectivity index (χ2n) is 5.50. The zero-order valence-electron chi connectivity index (χ0n) is 11.9. The van der Waals surface area contributed by atoms with Crippen LogP contribution >= 0.6 is 15.9 Å². The van der Waals surface area contributed by atoms with Crippen molar-refractivity contribution in [2.24, 2.45) is 0 Å². The fraction of sp³-hybridized carbons (Fsp3) is 1.00. The van der Waals surface area contributed by atoms with Crippen LogP contribution in [0.5, 0.6) is 0 Å². The first-order chi connectivity index (χ1) is 10.8. The van der Waals surface area contributed by atoms with E-state index in [4.69, 9.17) is 19.3 Å². The molecule has 0 aromatic heterocycles. The van der Waals surface area contributed by atoms with Gasteiger partial charge in [0.1, 0.15) is 42.7 Å². The van der Waals surface area contributed by atoms with Crippen LogP contribution in [0, 0.1) is 0 Å². The summed E-state index contributed by atoms with van der Waals surface area (Å²) in [6, 6.07) is 0. The van der Waals surface area contributed by atoms with Gasteiger partial charge in [-0.15, -0.1) is 0 Å². The summed E-state index contributed by atoms with van der Waals surface area (Å²) in [5.74, 6) is 0. The Morgan fingerprint density at radius 2 is 1.13 bits per heavy atom. The van der Waals surface area contributed by atoms with Crippen LogP contribution in [0.4, 0.5) is 0 Å². The number of rotatable bonds is 4. The standard InChI is InChI=1S/C12H21BrO10/c13-1-3-5(15)7(17)9(19)11(21-3)23-12-10(20)8(18)6(16)4(2-14)22-12/h3-12,14-20H,1-2H2/t3-,4-,5-,6-,7+,8+,9-,10-,11-,12?/m1/s1. The lowest BCUT2D eigenvalue weighted by molar-refractivity contribution is -0.373. The first kappa shape index (κ1) is 19.4. The largest absolute Gasteiger partial charge is 0.394 e. The van der Waals surface area contributed by atoms with Crippen molar-refractivity contribution >= 4 is 15.9 Å². The van der Waals surface area contributed by atoms with Crippen molar-refractivity contribution in [3.05, 3.63) is 0 Å². The minimum atomic E-state index is -1.67. The van der Waals surface area contributed by atoms with Crippen LogP contribution in [0.3, 0.4) is 0 Å². The number of hydrogen-bond donors (Lipinski definition) is 7. The highest BCUT2D eigenvalue weighted by molar-refractivity contribution is 9.09. The van der Waals surface area contributed by atoms with Crippen molar-refractivity contribution < 1.29 is 50.0 Å². The Balaban J connectivity index is 2.07. The summed E-state index contributed by atoms with van der Waals surface area (Å²) < 4.78 is 15.7. The van der Waals surface area contributed by atoms with Crippen LogP contribution < -0.4 is 0 Å². The Hall–Kier alpha value is 0.0800. The number of ether oxygens (including phenoxy) is 3. The summed E-state index contributed by atoms with van der Waals surface area (Å²) in [6.45, 7) is -0.635. The quantitative estimate of drug-likeness (QED) is 0.229. The second-order valence-corrected chi connectivity index (χ2v) is 6.15. The maximum absolute atomic E-state index is 9.91. The van der Waals surface area contributed by atoms with Gasteiger partial charge in [-0.25, -0.2) is 0 Å². The Kier molecular flexibility index (Phi) is 6.73. The molecule has 23 heavy (non-hydrogen) atoms. The van der Waals surface area contributed by atoms with Gasteiger partial charge in [0.2, 0.25) is 0 Å². The van der Waals surface area contributed by atoms with Gasteiger partial charge in [-0.1, -0.05) is 15.9 Å². The van der Waals surface area contributed by atoms with Crippen LogP contribution in [-0.2, 0) is 14.2 Å². The average molecular weight is 405 g/mol. The topological polar surface area (TPSA) is 169 Å². The van der Waals surface area contributed by atoms with E-state index < -0.39 is 68.0 Å². The highest BCUT2D eigenvalue weighted by atomic mass is 79.9. The number of halogens is 1. The van der Waals surface area contributed by atoms with E-state index in [0.29, 0.717) is 0 Å². The summed E-state index contributed by atoms with van der Waals surface area (Å²) in [5, 5.41) is 67.9. The molecule has 2 saturated heterocycles. The molecule has 0 saturated carbocycles. The minimum absolute atomic E-state index is 0.145. The molecule has 2 aliphatic heterocycles. The van der Waals surface area contributed by atoms with Gasteiger partial charge >= 0.3 is 0 Å². The number of aliphatic hydroxyl groups is 7. The molecule has 2 fully saturated rings. The Morgan fingerprint density at radius 3 is 1.57 bits per heavy atom. The lowest BCUT2D eigenvalue weighted by Gasteiger charge is -2.44. The van der Waals surface area contributed by atoms with Crippen molar-refractivity contribution in [1.82, 2.24) is 0 Å². The molecule has 0 aliphatic carbocycles. The average Bonchev–Trinajstić information content (AvgIpc) is 2.55. The fourth-order valence-electron chi connectivity index (χ4n) is 2.47. The first-order valence-corrected chi connectivity index (χ1v) is 8.15. The molecule has 10 atom stereocenters. The van der Waals surface area contributed by atoms with E-state index in [0.717, 1.165) is 0 Å². The summed E-state index contributed by atoms with van der Waals surface area (Å²) in [7, 11) is 0. The van der Waals surface area contributed by atoms with Gasteiger partial charge in [0, 0.05) is 5.33 Å². The number of hydrogen-bond acceptors (Lipinski definition) is 10. The molecule has 0 aromatic carbocycles. The van der Waals surface area contributed by atoms with E-state index in [-0.39, 0.29) is 5.33 Å². The smallest absolute Gasteiger partial charge is 0.189 e. The molecule has 2 rings (SSSR count). The molecule has 0 bridgehead atoms. The summed E-state index contributed by atoms with van der Waals surface area (Å²) in [5.41, 5.74) is 0. The van der Waals surface area contributed by atoms with Gasteiger partial charge in [0.25, 0.3) is 0 Å². The van der Waals surface area contributed by atoms with E-state index in [9.17, 15) is 30.6 Å². The predicted octanol–water partition coefficient (Wildman–Crippen LogP) is -3.99. The molecule has 1 unspecified atom stereocenters.